The fraction of sp³-hybridized carbons (Fsp3) is 0.172. The average molecular weight is 577 g/mol. The fourth-order valence-electron chi connectivity index (χ4n) is 4.35. The number of rotatable bonds is 9. The smallest absolute Gasteiger partial charge is 0.261 e. The summed E-state index contributed by atoms with van der Waals surface area (Å²) >= 11 is 1.39. The van der Waals surface area contributed by atoms with Gasteiger partial charge in [-0.2, -0.15) is 0 Å². The fourth-order valence-corrected chi connectivity index (χ4v) is 5.18. The quantitative estimate of drug-likeness (QED) is 0.229. The highest BCUT2D eigenvalue weighted by molar-refractivity contribution is 7.13. The van der Waals surface area contributed by atoms with Crippen LogP contribution in [0.15, 0.2) is 58.8 Å². The molecule has 0 aliphatic carbocycles. The van der Waals surface area contributed by atoms with E-state index >= 15 is 4.39 Å². The van der Waals surface area contributed by atoms with E-state index in [2.05, 4.69) is 20.3 Å². The van der Waals surface area contributed by atoms with E-state index in [-0.39, 0.29) is 35.2 Å². The number of amides is 1. The van der Waals surface area contributed by atoms with Gasteiger partial charge in [0.2, 0.25) is 5.43 Å². The van der Waals surface area contributed by atoms with Gasteiger partial charge in [-0.25, -0.2) is 9.37 Å². The van der Waals surface area contributed by atoms with E-state index in [1.54, 1.807) is 19.1 Å². The van der Waals surface area contributed by atoms with Crippen molar-refractivity contribution in [3.8, 4) is 33.6 Å². The van der Waals surface area contributed by atoms with Gasteiger partial charge in [0.05, 0.1) is 37.6 Å². The van der Waals surface area contributed by atoms with E-state index in [1.165, 1.54) is 51.0 Å². The number of carbonyl (C=O) groups excluding carboxylic acids is 1. The lowest BCUT2D eigenvalue weighted by Crippen LogP contribution is -2.27. The van der Waals surface area contributed by atoms with E-state index in [1.807, 2.05) is 17.5 Å². The summed E-state index contributed by atoms with van der Waals surface area (Å²) in [5.41, 5.74) is 1.70. The molecule has 0 bridgehead atoms. The number of nitrogens with zero attached hydrogens (tertiary/aromatic N) is 2. The zero-order valence-corrected chi connectivity index (χ0v) is 23.3. The zero-order chi connectivity index (χ0) is 29.1. The number of ether oxygens (including phenoxy) is 4. The third-order valence-electron chi connectivity index (χ3n) is 6.18. The van der Waals surface area contributed by atoms with E-state index in [0.29, 0.717) is 33.7 Å². The van der Waals surface area contributed by atoms with Crippen LogP contribution in [0.5, 0.6) is 23.1 Å². The molecule has 4 heterocycles. The third-order valence-corrected chi connectivity index (χ3v) is 7.07. The van der Waals surface area contributed by atoms with Crippen molar-refractivity contribution in [1.82, 2.24) is 15.0 Å². The predicted molar refractivity (Wildman–Crippen MR) is 153 cm³/mol. The Morgan fingerprint density at radius 3 is 2.59 bits per heavy atom. The number of thiophene rings is 1. The molecule has 0 atom stereocenters. The number of hydrogen-bond donors (Lipinski definition) is 2. The van der Waals surface area contributed by atoms with Gasteiger partial charge < -0.3 is 29.2 Å². The molecule has 0 aliphatic rings. The van der Waals surface area contributed by atoms with E-state index in [9.17, 15) is 9.59 Å². The van der Waals surface area contributed by atoms with E-state index in [0.717, 1.165) is 10.9 Å². The summed E-state index contributed by atoms with van der Waals surface area (Å²) in [4.78, 5) is 39.3. The molecule has 0 unspecified atom stereocenters. The summed E-state index contributed by atoms with van der Waals surface area (Å²) in [6.07, 6.45) is 1.50. The van der Waals surface area contributed by atoms with Crippen molar-refractivity contribution in [3.05, 3.63) is 87.0 Å². The number of pyridine rings is 3. The lowest BCUT2D eigenvalue weighted by Gasteiger charge is -2.14. The molecule has 4 aromatic heterocycles. The number of methoxy groups -OCH3 is 3. The van der Waals surface area contributed by atoms with Crippen molar-refractivity contribution in [1.29, 1.82) is 0 Å². The Kier molecular flexibility index (Phi) is 7.95. The highest BCUT2D eigenvalue weighted by Crippen LogP contribution is 2.35. The number of H-pyrrole nitrogens is 1. The van der Waals surface area contributed by atoms with Crippen LogP contribution in [-0.4, -0.2) is 42.2 Å². The highest BCUT2D eigenvalue weighted by atomic mass is 32.1. The summed E-state index contributed by atoms with van der Waals surface area (Å²) in [5.74, 6) is -0.711. The van der Waals surface area contributed by atoms with Crippen molar-refractivity contribution in [2.75, 3.05) is 26.6 Å². The number of aromatic amines is 1. The van der Waals surface area contributed by atoms with Gasteiger partial charge in [-0.05, 0) is 30.5 Å². The van der Waals surface area contributed by atoms with Gasteiger partial charge in [-0.1, -0.05) is 6.07 Å². The Morgan fingerprint density at radius 2 is 1.90 bits per heavy atom. The molecule has 12 heteroatoms. The van der Waals surface area contributed by atoms with Crippen LogP contribution in [0.25, 0.3) is 21.5 Å². The van der Waals surface area contributed by atoms with Gasteiger partial charge in [-0.3, -0.25) is 14.6 Å². The first kappa shape index (κ1) is 27.7. The number of halogens is 1. The number of hydrogen-bond acceptors (Lipinski definition) is 9. The van der Waals surface area contributed by atoms with Crippen molar-refractivity contribution in [3.63, 3.8) is 0 Å². The summed E-state index contributed by atoms with van der Waals surface area (Å²) in [6, 6.07) is 10.8. The number of aromatic nitrogens is 3. The van der Waals surface area contributed by atoms with Crippen molar-refractivity contribution in [2.45, 2.75) is 13.5 Å². The summed E-state index contributed by atoms with van der Waals surface area (Å²) < 4.78 is 36.8. The second kappa shape index (κ2) is 11.7. The van der Waals surface area contributed by atoms with Gasteiger partial charge in [-0.15, -0.1) is 11.3 Å². The molecule has 1 amide bonds. The number of anilines is 1. The molecule has 1 aromatic carbocycles. The predicted octanol–water partition coefficient (Wildman–Crippen LogP) is 5.70. The highest BCUT2D eigenvalue weighted by Gasteiger charge is 2.23. The SMILES string of the molecule is COCc1[nH]c(C)c(-c2cccs2)c(=O)c1C(=O)Nc1ccc(Oc2ccnc3cc(OC)c(OC)nc23)c(F)c1. The van der Waals surface area contributed by atoms with Crippen LogP contribution < -0.4 is 25.0 Å². The standard InChI is InChI=1S/C29H25FN4O6S/c1-15-24(23-6-5-11-41-23)27(35)25(19(32-15)14-37-2)28(36)33-16-7-8-20(17(30)12-16)40-21-9-10-31-18-13-22(38-3)29(39-4)34-26(18)21/h5-13H,14H2,1-4H3,(H,32,35)(H,33,36). The first-order chi connectivity index (χ1) is 19.8. The monoisotopic (exact) mass is 576 g/mol. The molecule has 41 heavy (non-hydrogen) atoms. The van der Waals surface area contributed by atoms with E-state index < -0.39 is 17.2 Å². The minimum atomic E-state index is -0.748. The molecule has 0 saturated heterocycles. The van der Waals surface area contributed by atoms with Crippen LogP contribution in [0.3, 0.4) is 0 Å². The number of nitrogens with one attached hydrogen (secondary N) is 2. The molecular weight excluding hydrogens is 551 g/mol. The van der Waals surface area contributed by atoms with Crippen LogP contribution in [0.2, 0.25) is 0 Å². The van der Waals surface area contributed by atoms with Crippen molar-refractivity contribution in [2.24, 2.45) is 0 Å². The molecule has 0 aliphatic heterocycles. The summed E-state index contributed by atoms with van der Waals surface area (Å²) in [7, 11) is 4.40. The normalized spacial score (nSPS) is 11.0. The molecule has 0 spiro atoms. The average Bonchev–Trinajstić information content (AvgIpc) is 3.48. The Morgan fingerprint density at radius 1 is 1.07 bits per heavy atom. The topological polar surface area (TPSA) is 125 Å². The molecular formula is C29H25FN4O6S. The molecule has 210 valence electrons. The second-order valence-electron chi connectivity index (χ2n) is 8.80. The minimum absolute atomic E-state index is 0.00920. The van der Waals surface area contributed by atoms with Gasteiger partial charge in [0.25, 0.3) is 11.8 Å². The largest absolute Gasteiger partial charge is 0.491 e. The van der Waals surface area contributed by atoms with Crippen molar-refractivity contribution >= 4 is 34.0 Å². The van der Waals surface area contributed by atoms with Crippen LogP contribution >= 0.6 is 11.3 Å². The Balaban J connectivity index is 1.44. The van der Waals surface area contributed by atoms with Crippen LogP contribution in [-0.2, 0) is 11.3 Å². The Bertz CT molecular complexity index is 1810. The van der Waals surface area contributed by atoms with E-state index in [4.69, 9.17) is 18.9 Å². The molecule has 2 N–H and O–H groups in total. The lowest BCUT2D eigenvalue weighted by atomic mass is 10.0. The maximum Gasteiger partial charge on any atom is 0.261 e. The number of benzene rings is 1. The van der Waals surface area contributed by atoms with Crippen LogP contribution in [0.4, 0.5) is 10.1 Å². The lowest BCUT2D eigenvalue weighted by molar-refractivity contribution is 0.101. The Hall–Kier alpha value is -4.81. The molecule has 0 saturated carbocycles. The molecule has 0 radical (unpaired) electrons. The second-order valence-corrected chi connectivity index (χ2v) is 9.74. The zero-order valence-electron chi connectivity index (χ0n) is 22.5. The summed E-state index contributed by atoms with van der Waals surface area (Å²) in [6.45, 7) is 1.77. The van der Waals surface area contributed by atoms with Gasteiger partial charge in [0.1, 0.15) is 11.1 Å². The maximum absolute atomic E-state index is 15.2. The van der Waals surface area contributed by atoms with Crippen LogP contribution in [0.1, 0.15) is 21.7 Å². The van der Waals surface area contributed by atoms with Crippen LogP contribution in [0, 0.1) is 12.7 Å². The minimum Gasteiger partial charge on any atom is -0.491 e. The van der Waals surface area contributed by atoms with Gasteiger partial charge in [0, 0.05) is 47.8 Å². The molecule has 5 aromatic rings. The van der Waals surface area contributed by atoms with Gasteiger partial charge >= 0.3 is 0 Å². The Labute approximate surface area is 237 Å². The first-order valence-corrected chi connectivity index (χ1v) is 13.2. The molecule has 10 nitrogen and oxygen atoms in total. The molecule has 5 rings (SSSR count). The number of fused-ring (bicyclic) bond motifs is 1. The maximum atomic E-state index is 15.2. The van der Waals surface area contributed by atoms with Crippen molar-refractivity contribution < 1.29 is 28.1 Å². The number of aryl methyl sites for hydroxylation is 1. The third kappa shape index (κ3) is 5.47. The first-order valence-electron chi connectivity index (χ1n) is 12.3. The molecule has 0 fully saturated rings. The van der Waals surface area contributed by atoms with Gasteiger partial charge in [0.15, 0.2) is 23.1 Å². The summed E-state index contributed by atoms with van der Waals surface area (Å²) in [5, 5.41) is 4.47. The number of carbonyl (C=O) groups is 1.